The molecule has 0 amide bonds. The van der Waals surface area contributed by atoms with Gasteiger partial charge in [-0.2, -0.15) is 0 Å². The third-order valence-corrected chi connectivity index (χ3v) is 5.29. The molecule has 1 aromatic heterocycles. The number of halogens is 1. The first-order chi connectivity index (χ1) is 7.77. The van der Waals surface area contributed by atoms with Gasteiger partial charge in [-0.1, -0.05) is 20.8 Å². The van der Waals surface area contributed by atoms with Crippen molar-refractivity contribution in [2.24, 2.45) is 11.1 Å². The number of nitrogens with zero attached hydrogens (tertiary/aromatic N) is 1. The van der Waals surface area contributed by atoms with Crippen LogP contribution in [0.4, 0.5) is 0 Å². The van der Waals surface area contributed by atoms with E-state index in [0.717, 1.165) is 4.47 Å². The van der Waals surface area contributed by atoms with Gasteiger partial charge in [-0.05, 0) is 41.4 Å². The lowest BCUT2D eigenvalue weighted by Gasteiger charge is -2.39. The summed E-state index contributed by atoms with van der Waals surface area (Å²) in [5, 5.41) is 2.12. The fourth-order valence-electron chi connectivity index (χ4n) is 1.87. The number of hydrogen-bond acceptors (Lipinski definition) is 3. The second-order valence-corrected chi connectivity index (χ2v) is 7.48. The second kappa shape index (κ2) is 5.83. The van der Waals surface area contributed by atoms with Crippen LogP contribution >= 0.6 is 27.3 Å². The molecule has 0 radical (unpaired) electrons. The fourth-order valence-corrected chi connectivity index (χ4v) is 3.48. The van der Waals surface area contributed by atoms with Gasteiger partial charge in [-0.3, -0.25) is 4.90 Å². The SMILES string of the molecule is CC(N(C)C(CN)c1cc(Br)cs1)C(C)(C)C. The molecule has 1 heterocycles. The molecule has 17 heavy (non-hydrogen) atoms. The van der Waals surface area contributed by atoms with Crippen molar-refractivity contribution >= 4 is 27.3 Å². The monoisotopic (exact) mass is 318 g/mol. The third kappa shape index (κ3) is 3.78. The zero-order valence-electron chi connectivity index (χ0n) is 11.3. The lowest BCUT2D eigenvalue weighted by atomic mass is 9.86. The van der Waals surface area contributed by atoms with Crippen molar-refractivity contribution in [3.63, 3.8) is 0 Å². The minimum absolute atomic E-state index is 0.261. The van der Waals surface area contributed by atoms with Gasteiger partial charge in [0.15, 0.2) is 0 Å². The van der Waals surface area contributed by atoms with Crippen LogP contribution in [0.5, 0.6) is 0 Å². The molecule has 0 bridgehead atoms. The van der Waals surface area contributed by atoms with Gasteiger partial charge in [0.1, 0.15) is 0 Å². The minimum Gasteiger partial charge on any atom is -0.329 e. The van der Waals surface area contributed by atoms with E-state index in [1.54, 1.807) is 11.3 Å². The Morgan fingerprint density at radius 2 is 2.06 bits per heavy atom. The smallest absolute Gasteiger partial charge is 0.0564 e. The lowest BCUT2D eigenvalue weighted by Crippen LogP contribution is -2.43. The molecule has 1 rings (SSSR count). The van der Waals surface area contributed by atoms with Crippen molar-refractivity contribution in [2.45, 2.75) is 39.8 Å². The molecule has 98 valence electrons. The first-order valence-electron chi connectivity index (χ1n) is 5.93. The van der Waals surface area contributed by atoms with Crippen molar-refractivity contribution in [3.05, 3.63) is 20.8 Å². The summed E-state index contributed by atoms with van der Waals surface area (Å²) in [4.78, 5) is 3.72. The van der Waals surface area contributed by atoms with E-state index < -0.39 is 0 Å². The van der Waals surface area contributed by atoms with Crippen molar-refractivity contribution in [1.82, 2.24) is 4.90 Å². The third-order valence-electron chi connectivity index (χ3n) is 3.50. The van der Waals surface area contributed by atoms with Crippen LogP contribution in [0.3, 0.4) is 0 Å². The van der Waals surface area contributed by atoms with Crippen LogP contribution in [-0.2, 0) is 0 Å². The van der Waals surface area contributed by atoms with Crippen LogP contribution in [-0.4, -0.2) is 24.5 Å². The summed E-state index contributed by atoms with van der Waals surface area (Å²) in [5.41, 5.74) is 6.21. The van der Waals surface area contributed by atoms with Gasteiger partial charge in [0.2, 0.25) is 0 Å². The predicted molar refractivity (Wildman–Crippen MR) is 80.5 cm³/mol. The Morgan fingerprint density at radius 3 is 2.41 bits per heavy atom. The summed E-state index contributed by atoms with van der Waals surface area (Å²) >= 11 is 5.28. The topological polar surface area (TPSA) is 29.3 Å². The molecule has 1 aromatic rings. The Kier molecular flexibility index (Phi) is 5.20. The molecule has 4 heteroatoms. The highest BCUT2D eigenvalue weighted by Crippen LogP contribution is 2.33. The maximum absolute atomic E-state index is 5.95. The zero-order valence-corrected chi connectivity index (χ0v) is 13.7. The highest BCUT2D eigenvalue weighted by Gasteiger charge is 2.29. The molecule has 0 saturated carbocycles. The average molecular weight is 319 g/mol. The molecule has 0 spiro atoms. The van der Waals surface area contributed by atoms with Gasteiger partial charge in [-0.15, -0.1) is 11.3 Å². The Balaban J connectivity index is 2.88. The summed E-state index contributed by atoms with van der Waals surface area (Å²) in [6.45, 7) is 9.74. The summed E-state index contributed by atoms with van der Waals surface area (Å²) in [7, 11) is 2.17. The molecule has 2 N–H and O–H groups in total. The van der Waals surface area contributed by atoms with Gasteiger partial charge >= 0.3 is 0 Å². The second-order valence-electron chi connectivity index (χ2n) is 5.63. The van der Waals surface area contributed by atoms with Crippen molar-refractivity contribution in [3.8, 4) is 0 Å². The van der Waals surface area contributed by atoms with E-state index in [4.69, 9.17) is 5.73 Å². The largest absolute Gasteiger partial charge is 0.329 e. The van der Waals surface area contributed by atoms with E-state index in [1.165, 1.54) is 4.88 Å². The van der Waals surface area contributed by atoms with Gasteiger partial charge in [-0.25, -0.2) is 0 Å². The van der Waals surface area contributed by atoms with E-state index in [9.17, 15) is 0 Å². The molecule has 2 atom stereocenters. The van der Waals surface area contributed by atoms with Crippen molar-refractivity contribution in [1.29, 1.82) is 0 Å². The van der Waals surface area contributed by atoms with E-state index in [-0.39, 0.29) is 5.41 Å². The quantitative estimate of drug-likeness (QED) is 0.912. The molecule has 0 aromatic carbocycles. The number of nitrogens with two attached hydrogens (primary N) is 1. The van der Waals surface area contributed by atoms with Crippen molar-refractivity contribution in [2.75, 3.05) is 13.6 Å². The first kappa shape index (κ1) is 15.2. The van der Waals surface area contributed by atoms with Gasteiger partial charge in [0.05, 0.1) is 6.04 Å². The number of rotatable bonds is 4. The standard InChI is InChI=1S/C13H23BrN2S/c1-9(13(2,3)4)16(5)11(7-15)12-6-10(14)8-17-12/h6,8-9,11H,7,15H2,1-5H3. The van der Waals surface area contributed by atoms with E-state index in [1.807, 2.05) is 0 Å². The van der Waals surface area contributed by atoms with Gasteiger partial charge < -0.3 is 5.73 Å². The lowest BCUT2D eigenvalue weighted by molar-refractivity contribution is 0.102. The summed E-state index contributed by atoms with van der Waals surface area (Å²) in [5.74, 6) is 0. The molecule has 2 unspecified atom stereocenters. The van der Waals surface area contributed by atoms with Crippen LogP contribution in [0.15, 0.2) is 15.9 Å². The molecular formula is C13H23BrN2S. The molecule has 0 fully saturated rings. The van der Waals surface area contributed by atoms with E-state index in [0.29, 0.717) is 18.6 Å². The minimum atomic E-state index is 0.261. The summed E-state index contributed by atoms with van der Waals surface area (Å²) < 4.78 is 1.15. The number of likely N-dealkylation sites (N-methyl/N-ethyl adjacent to an activating group) is 1. The van der Waals surface area contributed by atoms with E-state index in [2.05, 4.69) is 67.0 Å². The molecule has 0 aliphatic carbocycles. The Hall–Kier alpha value is 0.1000. The van der Waals surface area contributed by atoms with E-state index >= 15 is 0 Å². The zero-order chi connectivity index (χ0) is 13.2. The maximum atomic E-state index is 5.95. The fraction of sp³-hybridized carbons (Fsp3) is 0.692. The van der Waals surface area contributed by atoms with Gasteiger partial charge in [0.25, 0.3) is 0 Å². The highest BCUT2D eigenvalue weighted by molar-refractivity contribution is 9.10. The highest BCUT2D eigenvalue weighted by atomic mass is 79.9. The Morgan fingerprint density at radius 1 is 1.47 bits per heavy atom. The predicted octanol–water partition coefficient (Wildman–Crippen LogP) is 3.88. The Labute approximate surface area is 117 Å². The average Bonchev–Trinajstić information content (AvgIpc) is 2.63. The molecule has 2 nitrogen and oxygen atoms in total. The van der Waals surface area contributed by atoms with Crippen LogP contribution in [0.2, 0.25) is 0 Å². The van der Waals surface area contributed by atoms with Crippen molar-refractivity contribution < 1.29 is 0 Å². The number of hydrogen-bond donors (Lipinski definition) is 1. The number of thiophene rings is 1. The first-order valence-corrected chi connectivity index (χ1v) is 7.60. The normalized spacial score (nSPS) is 16.2. The van der Waals surface area contributed by atoms with Gasteiger partial charge in [0, 0.05) is 27.3 Å². The molecule has 0 saturated heterocycles. The summed E-state index contributed by atoms with van der Waals surface area (Å²) in [6.07, 6.45) is 0. The maximum Gasteiger partial charge on any atom is 0.0564 e. The van der Waals surface area contributed by atoms with Crippen LogP contribution in [0.25, 0.3) is 0 Å². The summed E-state index contributed by atoms with van der Waals surface area (Å²) in [6, 6.07) is 2.96. The Bertz CT molecular complexity index is 357. The van der Waals surface area contributed by atoms with Crippen LogP contribution in [0, 0.1) is 5.41 Å². The molecule has 0 aliphatic heterocycles. The van der Waals surface area contributed by atoms with Crippen LogP contribution in [0.1, 0.15) is 38.6 Å². The van der Waals surface area contributed by atoms with Crippen LogP contribution < -0.4 is 5.73 Å². The molecular weight excluding hydrogens is 296 g/mol. The molecule has 0 aliphatic rings.